The Morgan fingerprint density at radius 3 is 2.46 bits per heavy atom. The molecule has 0 saturated carbocycles. The second kappa shape index (κ2) is 14.1. The summed E-state index contributed by atoms with van der Waals surface area (Å²) in [4.78, 5) is 12.2. The van der Waals surface area contributed by atoms with Crippen LogP contribution in [0.25, 0.3) is 0 Å². The Morgan fingerprint density at radius 1 is 0.949 bits per heavy atom. The van der Waals surface area contributed by atoms with Gasteiger partial charge in [0.05, 0.1) is 24.1 Å². The minimum absolute atomic E-state index is 0.0137. The number of aromatic nitrogens is 2. The third kappa shape index (κ3) is 8.79. The zero-order valence-electron chi connectivity index (χ0n) is 20.4. The Bertz CT molecular complexity index is 1450. The zero-order valence-corrected chi connectivity index (χ0v) is 23.5. The summed E-state index contributed by atoms with van der Waals surface area (Å²) in [6, 6.07) is 17.6. The molecule has 0 aliphatic heterocycles. The smallest absolute Gasteiger partial charge is 0.277 e. The lowest BCUT2D eigenvalue weighted by Gasteiger charge is -2.11. The van der Waals surface area contributed by atoms with Crippen molar-refractivity contribution in [2.45, 2.75) is 18.4 Å². The lowest BCUT2D eigenvalue weighted by molar-refractivity contribution is -0.118. The number of methoxy groups -OCH3 is 1. The van der Waals surface area contributed by atoms with E-state index in [0.29, 0.717) is 44.5 Å². The van der Waals surface area contributed by atoms with E-state index in [4.69, 9.17) is 53.4 Å². The minimum Gasteiger partial charge on any atom is -0.493 e. The van der Waals surface area contributed by atoms with E-state index in [-0.39, 0.29) is 29.4 Å². The molecule has 1 heterocycles. The van der Waals surface area contributed by atoms with Gasteiger partial charge in [-0.3, -0.25) is 4.79 Å². The topological polar surface area (TPSA) is 108 Å². The molecule has 0 unspecified atom stereocenters. The number of hydrogen-bond donors (Lipinski definition) is 1. The van der Waals surface area contributed by atoms with E-state index in [1.165, 1.54) is 6.21 Å². The Balaban J connectivity index is 1.21. The summed E-state index contributed by atoms with van der Waals surface area (Å²) >= 11 is 18.9. The number of benzene rings is 3. The van der Waals surface area contributed by atoms with Crippen molar-refractivity contribution in [3.63, 3.8) is 0 Å². The van der Waals surface area contributed by atoms with Crippen molar-refractivity contribution in [3.8, 4) is 17.2 Å². The second-order valence-corrected chi connectivity index (χ2v) is 9.94. The summed E-state index contributed by atoms with van der Waals surface area (Å²) in [6.45, 7) is 0.375. The van der Waals surface area contributed by atoms with Gasteiger partial charge in [0.1, 0.15) is 12.4 Å². The summed E-state index contributed by atoms with van der Waals surface area (Å²) in [5.41, 5.74) is 4.14. The molecule has 0 atom stereocenters. The van der Waals surface area contributed by atoms with Crippen molar-refractivity contribution in [2.75, 3.05) is 12.9 Å². The van der Waals surface area contributed by atoms with E-state index in [0.717, 1.165) is 17.3 Å². The molecule has 0 bridgehead atoms. The SMILES string of the molecule is COc1cc(/C=N\NC(=O)CSc2nnc(COc3ccc(Cl)cc3Cl)o2)ccc1OCc1ccc(Cl)cc1. The second-order valence-electron chi connectivity index (χ2n) is 7.73. The van der Waals surface area contributed by atoms with Crippen LogP contribution in [-0.2, 0) is 18.0 Å². The maximum Gasteiger partial charge on any atom is 0.277 e. The molecule has 0 aliphatic carbocycles. The molecule has 3 aromatic carbocycles. The number of hydrogen-bond acceptors (Lipinski definition) is 9. The number of nitrogens with one attached hydrogen (secondary N) is 1. The van der Waals surface area contributed by atoms with Gasteiger partial charge in [0.2, 0.25) is 0 Å². The molecular weight excluding hydrogens is 587 g/mol. The highest BCUT2D eigenvalue weighted by molar-refractivity contribution is 7.99. The number of rotatable bonds is 12. The molecule has 39 heavy (non-hydrogen) atoms. The third-order valence-corrected chi connectivity index (χ3v) is 6.52. The number of carbonyl (C=O) groups is 1. The Hall–Kier alpha value is -3.44. The van der Waals surface area contributed by atoms with Gasteiger partial charge in [0, 0.05) is 10.0 Å². The summed E-state index contributed by atoms with van der Waals surface area (Å²) < 4.78 is 22.3. The van der Waals surface area contributed by atoms with Crippen molar-refractivity contribution in [3.05, 3.63) is 92.7 Å². The molecule has 202 valence electrons. The highest BCUT2D eigenvalue weighted by Gasteiger charge is 2.11. The van der Waals surface area contributed by atoms with Gasteiger partial charge in [-0.05, 0) is 59.7 Å². The molecule has 0 aliphatic rings. The monoisotopic (exact) mass is 606 g/mol. The third-order valence-electron chi connectivity index (χ3n) is 4.92. The first-order valence-electron chi connectivity index (χ1n) is 11.3. The van der Waals surface area contributed by atoms with Crippen LogP contribution in [0.3, 0.4) is 0 Å². The molecule has 1 aromatic heterocycles. The average molecular weight is 608 g/mol. The van der Waals surface area contributed by atoms with Gasteiger partial charge in [0.15, 0.2) is 18.1 Å². The standard InChI is InChI=1S/C26H21Cl3N4O5S/c1-35-23-10-17(4-8-22(23)36-13-16-2-5-18(27)6-3-16)12-30-31-24(34)15-39-26-33-32-25(38-26)14-37-21-9-7-19(28)11-20(21)29/h2-12H,13-15H2,1H3,(H,31,34)/b30-12-. The first-order valence-corrected chi connectivity index (χ1v) is 13.4. The Labute approximate surface area is 243 Å². The number of halogens is 3. The van der Waals surface area contributed by atoms with Crippen LogP contribution in [0.4, 0.5) is 0 Å². The van der Waals surface area contributed by atoms with E-state index >= 15 is 0 Å². The van der Waals surface area contributed by atoms with Crippen molar-refractivity contribution in [1.82, 2.24) is 15.6 Å². The van der Waals surface area contributed by atoms with Gasteiger partial charge in [-0.25, -0.2) is 5.43 Å². The van der Waals surface area contributed by atoms with Crippen molar-refractivity contribution in [2.24, 2.45) is 5.10 Å². The van der Waals surface area contributed by atoms with E-state index in [9.17, 15) is 4.79 Å². The van der Waals surface area contributed by atoms with Crippen LogP contribution < -0.4 is 19.6 Å². The number of hydrazone groups is 1. The summed E-state index contributed by atoms with van der Waals surface area (Å²) in [5.74, 6) is 1.44. The first-order chi connectivity index (χ1) is 18.9. The first kappa shape index (κ1) is 28.6. The summed E-state index contributed by atoms with van der Waals surface area (Å²) in [5, 5.41) is 13.5. The fourth-order valence-corrected chi connectivity index (χ4v) is 4.21. The fraction of sp³-hybridized carbons (Fsp3) is 0.154. The van der Waals surface area contributed by atoms with Gasteiger partial charge in [-0.2, -0.15) is 5.10 Å². The maximum absolute atomic E-state index is 12.2. The molecule has 0 fully saturated rings. The van der Waals surface area contributed by atoms with E-state index in [2.05, 4.69) is 20.7 Å². The number of amides is 1. The molecule has 1 N–H and O–H groups in total. The quantitative estimate of drug-likeness (QED) is 0.111. The number of thioether (sulfide) groups is 1. The van der Waals surface area contributed by atoms with Gasteiger partial charge in [-0.1, -0.05) is 58.7 Å². The highest BCUT2D eigenvalue weighted by Crippen LogP contribution is 2.29. The van der Waals surface area contributed by atoms with Crippen LogP contribution in [0, 0.1) is 0 Å². The summed E-state index contributed by atoms with van der Waals surface area (Å²) in [6.07, 6.45) is 1.50. The highest BCUT2D eigenvalue weighted by atomic mass is 35.5. The normalized spacial score (nSPS) is 11.0. The predicted octanol–water partition coefficient (Wildman–Crippen LogP) is 6.44. The van der Waals surface area contributed by atoms with E-state index in [1.54, 1.807) is 55.6 Å². The molecule has 1 amide bonds. The molecule has 4 rings (SSSR count). The van der Waals surface area contributed by atoms with Crippen LogP contribution in [-0.4, -0.2) is 35.2 Å². The number of nitrogens with zero attached hydrogens (tertiary/aromatic N) is 3. The number of ether oxygens (including phenoxy) is 3. The molecule has 4 aromatic rings. The molecule has 0 radical (unpaired) electrons. The van der Waals surface area contributed by atoms with Crippen molar-refractivity contribution < 1.29 is 23.4 Å². The van der Waals surface area contributed by atoms with Crippen molar-refractivity contribution >= 4 is 58.7 Å². The lowest BCUT2D eigenvalue weighted by Crippen LogP contribution is -2.19. The molecular formula is C26H21Cl3N4O5S. The predicted molar refractivity (Wildman–Crippen MR) is 150 cm³/mol. The van der Waals surface area contributed by atoms with Crippen LogP contribution >= 0.6 is 46.6 Å². The maximum atomic E-state index is 12.2. The van der Waals surface area contributed by atoms with Crippen LogP contribution in [0.5, 0.6) is 17.2 Å². The van der Waals surface area contributed by atoms with Crippen molar-refractivity contribution in [1.29, 1.82) is 0 Å². The summed E-state index contributed by atoms with van der Waals surface area (Å²) in [7, 11) is 1.55. The van der Waals surface area contributed by atoms with Gasteiger partial charge < -0.3 is 18.6 Å². The van der Waals surface area contributed by atoms with Crippen LogP contribution in [0.2, 0.25) is 15.1 Å². The van der Waals surface area contributed by atoms with Gasteiger partial charge in [-0.15, -0.1) is 10.2 Å². The minimum atomic E-state index is -0.352. The van der Waals surface area contributed by atoms with Gasteiger partial charge in [0.25, 0.3) is 17.0 Å². The fourth-order valence-electron chi connectivity index (χ4n) is 3.05. The lowest BCUT2D eigenvalue weighted by atomic mass is 10.2. The largest absolute Gasteiger partial charge is 0.493 e. The Kier molecular flexibility index (Phi) is 10.3. The van der Waals surface area contributed by atoms with E-state index < -0.39 is 0 Å². The zero-order chi connectivity index (χ0) is 27.6. The van der Waals surface area contributed by atoms with Crippen LogP contribution in [0.15, 0.2) is 75.4 Å². The number of carbonyl (C=O) groups excluding carboxylic acids is 1. The molecule has 13 heteroatoms. The Morgan fingerprint density at radius 2 is 1.69 bits per heavy atom. The van der Waals surface area contributed by atoms with Crippen LogP contribution in [0.1, 0.15) is 17.0 Å². The molecule has 0 saturated heterocycles. The molecule has 0 spiro atoms. The molecule has 9 nitrogen and oxygen atoms in total. The average Bonchev–Trinajstić information content (AvgIpc) is 3.39. The van der Waals surface area contributed by atoms with E-state index in [1.807, 2.05) is 12.1 Å². The van der Waals surface area contributed by atoms with Gasteiger partial charge >= 0.3 is 0 Å².